The van der Waals surface area contributed by atoms with E-state index in [1.165, 1.54) is 0 Å². The summed E-state index contributed by atoms with van der Waals surface area (Å²) in [5, 5.41) is 18.3. The zero-order valence-corrected chi connectivity index (χ0v) is 10.9. The lowest BCUT2D eigenvalue weighted by molar-refractivity contribution is 0.402. The van der Waals surface area contributed by atoms with E-state index in [0.717, 1.165) is 36.4 Å². The van der Waals surface area contributed by atoms with Crippen LogP contribution in [0.15, 0.2) is 46.2 Å². The molecular formula is C12H8ClFO4S. The van der Waals surface area contributed by atoms with Crippen LogP contribution >= 0.6 is 11.6 Å². The SMILES string of the molecule is O=S(=O)(c1ccc(F)cc1)c1cc(O)c(O)cc1Cl. The Morgan fingerprint density at radius 2 is 1.53 bits per heavy atom. The molecule has 0 saturated carbocycles. The summed E-state index contributed by atoms with van der Waals surface area (Å²) in [4.78, 5) is -0.531. The van der Waals surface area contributed by atoms with Gasteiger partial charge in [-0.15, -0.1) is 0 Å². The zero-order chi connectivity index (χ0) is 14.2. The quantitative estimate of drug-likeness (QED) is 0.661. The third-order valence-electron chi connectivity index (χ3n) is 2.44. The van der Waals surface area contributed by atoms with Crippen molar-refractivity contribution in [2.24, 2.45) is 0 Å². The van der Waals surface area contributed by atoms with E-state index in [4.69, 9.17) is 11.6 Å². The second-order valence-electron chi connectivity index (χ2n) is 3.73. The minimum absolute atomic E-state index is 0.166. The Labute approximate surface area is 113 Å². The van der Waals surface area contributed by atoms with Gasteiger partial charge in [0.05, 0.1) is 14.8 Å². The first-order valence-electron chi connectivity index (χ1n) is 5.04. The third-order valence-corrected chi connectivity index (χ3v) is 4.68. The summed E-state index contributed by atoms with van der Waals surface area (Å²) in [5.74, 6) is -1.70. The van der Waals surface area contributed by atoms with Crippen molar-refractivity contribution >= 4 is 21.4 Å². The fraction of sp³-hybridized carbons (Fsp3) is 0. The standard InChI is InChI=1S/C12H8ClFO4S/c13-9-5-10(15)11(16)6-12(9)19(17,18)8-3-1-7(14)2-4-8/h1-6,15-16H. The predicted molar refractivity (Wildman–Crippen MR) is 66.6 cm³/mol. The minimum Gasteiger partial charge on any atom is -0.504 e. The summed E-state index contributed by atoms with van der Waals surface area (Å²) in [6, 6.07) is 5.95. The molecule has 0 heterocycles. The van der Waals surface area contributed by atoms with Gasteiger partial charge >= 0.3 is 0 Å². The molecule has 100 valence electrons. The van der Waals surface area contributed by atoms with E-state index in [2.05, 4.69) is 0 Å². The van der Waals surface area contributed by atoms with Crippen molar-refractivity contribution < 1.29 is 23.0 Å². The first-order chi connectivity index (χ1) is 8.82. The topological polar surface area (TPSA) is 74.6 Å². The number of phenols is 2. The molecule has 0 unspecified atom stereocenters. The molecule has 7 heteroatoms. The summed E-state index contributed by atoms with van der Waals surface area (Å²) >= 11 is 5.74. The Balaban J connectivity index is 2.63. The van der Waals surface area contributed by atoms with Gasteiger partial charge in [0.15, 0.2) is 11.5 Å². The van der Waals surface area contributed by atoms with E-state index in [1.807, 2.05) is 0 Å². The molecule has 2 rings (SSSR count). The maximum absolute atomic E-state index is 12.8. The first-order valence-corrected chi connectivity index (χ1v) is 6.90. The highest BCUT2D eigenvalue weighted by atomic mass is 35.5. The average Bonchev–Trinajstić information content (AvgIpc) is 2.34. The predicted octanol–water partition coefficient (Wildman–Crippen LogP) is 2.72. The Kier molecular flexibility index (Phi) is 3.38. The molecule has 0 amide bonds. The minimum atomic E-state index is -4.00. The Morgan fingerprint density at radius 1 is 1.00 bits per heavy atom. The molecule has 0 radical (unpaired) electrons. The number of benzene rings is 2. The van der Waals surface area contributed by atoms with E-state index in [1.54, 1.807) is 0 Å². The lowest BCUT2D eigenvalue weighted by Gasteiger charge is -2.08. The van der Waals surface area contributed by atoms with Crippen molar-refractivity contribution in [3.05, 3.63) is 47.2 Å². The van der Waals surface area contributed by atoms with Crippen LogP contribution in [-0.2, 0) is 9.84 Å². The van der Waals surface area contributed by atoms with Gasteiger partial charge < -0.3 is 10.2 Å². The molecular weight excluding hydrogens is 295 g/mol. The Morgan fingerprint density at radius 3 is 2.11 bits per heavy atom. The highest BCUT2D eigenvalue weighted by molar-refractivity contribution is 7.91. The molecule has 0 fully saturated rings. The molecule has 0 spiro atoms. The number of aromatic hydroxyl groups is 2. The number of rotatable bonds is 2. The lowest BCUT2D eigenvalue weighted by atomic mass is 10.3. The van der Waals surface area contributed by atoms with Gasteiger partial charge in [0.1, 0.15) is 5.82 Å². The molecule has 4 nitrogen and oxygen atoms in total. The van der Waals surface area contributed by atoms with Crippen molar-refractivity contribution in [2.45, 2.75) is 9.79 Å². The molecule has 0 saturated heterocycles. The van der Waals surface area contributed by atoms with Gasteiger partial charge in [-0.2, -0.15) is 0 Å². The number of sulfone groups is 1. The van der Waals surface area contributed by atoms with Gasteiger partial charge in [0.2, 0.25) is 9.84 Å². The molecule has 0 aromatic heterocycles. The second kappa shape index (κ2) is 4.71. The number of hydrogen-bond acceptors (Lipinski definition) is 4. The van der Waals surface area contributed by atoms with Crippen molar-refractivity contribution in [3.8, 4) is 11.5 Å². The number of phenolic OH excluding ortho intramolecular Hbond substituents is 2. The fourth-order valence-electron chi connectivity index (χ4n) is 1.48. The average molecular weight is 303 g/mol. The smallest absolute Gasteiger partial charge is 0.208 e. The van der Waals surface area contributed by atoms with Crippen LogP contribution in [0, 0.1) is 5.82 Å². The molecule has 2 N–H and O–H groups in total. The van der Waals surface area contributed by atoms with Crippen LogP contribution < -0.4 is 0 Å². The first kappa shape index (κ1) is 13.6. The molecule has 0 aliphatic heterocycles. The fourth-order valence-corrected chi connectivity index (χ4v) is 3.27. The molecule has 2 aromatic carbocycles. The van der Waals surface area contributed by atoms with E-state index in [0.29, 0.717) is 0 Å². The van der Waals surface area contributed by atoms with E-state index in [9.17, 15) is 23.0 Å². The zero-order valence-electron chi connectivity index (χ0n) is 9.34. The number of halogens is 2. The summed E-state index contributed by atoms with van der Waals surface area (Å²) < 4.78 is 37.2. The van der Waals surface area contributed by atoms with E-state index in [-0.39, 0.29) is 14.8 Å². The van der Waals surface area contributed by atoms with Gasteiger partial charge in [0.25, 0.3) is 0 Å². The van der Waals surface area contributed by atoms with Crippen LogP contribution in [0.1, 0.15) is 0 Å². The van der Waals surface area contributed by atoms with Crippen LogP contribution in [0.5, 0.6) is 11.5 Å². The van der Waals surface area contributed by atoms with Crippen LogP contribution in [0.2, 0.25) is 5.02 Å². The summed E-state index contributed by atoms with van der Waals surface area (Å²) in [6.07, 6.45) is 0. The van der Waals surface area contributed by atoms with Gasteiger partial charge in [-0.05, 0) is 24.3 Å². The summed E-state index contributed by atoms with van der Waals surface area (Å²) in [5.41, 5.74) is 0. The van der Waals surface area contributed by atoms with Crippen LogP contribution in [0.4, 0.5) is 4.39 Å². The second-order valence-corrected chi connectivity index (χ2v) is 6.05. The third kappa shape index (κ3) is 2.50. The Bertz CT molecular complexity index is 726. The van der Waals surface area contributed by atoms with Crippen LogP contribution in [-0.4, -0.2) is 18.6 Å². The largest absolute Gasteiger partial charge is 0.504 e. The van der Waals surface area contributed by atoms with Crippen molar-refractivity contribution in [2.75, 3.05) is 0 Å². The van der Waals surface area contributed by atoms with Crippen molar-refractivity contribution in [1.29, 1.82) is 0 Å². The molecule has 0 aliphatic rings. The maximum Gasteiger partial charge on any atom is 0.208 e. The van der Waals surface area contributed by atoms with Gasteiger partial charge in [-0.3, -0.25) is 0 Å². The number of hydrogen-bond donors (Lipinski definition) is 2. The lowest BCUT2D eigenvalue weighted by Crippen LogP contribution is -2.02. The van der Waals surface area contributed by atoms with Gasteiger partial charge in [-0.1, -0.05) is 11.6 Å². The molecule has 0 aliphatic carbocycles. The molecule has 0 bridgehead atoms. The summed E-state index contributed by atoms with van der Waals surface area (Å²) in [7, 11) is -4.00. The molecule has 19 heavy (non-hydrogen) atoms. The summed E-state index contributed by atoms with van der Waals surface area (Å²) in [6.45, 7) is 0. The van der Waals surface area contributed by atoms with Crippen LogP contribution in [0.25, 0.3) is 0 Å². The monoisotopic (exact) mass is 302 g/mol. The van der Waals surface area contributed by atoms with E-state index < -0.39 is 27.2 Å². The molecule has 0 atom stereocenters. The normalized spacial score (nSPS) is 11.5. The molecule has 2 aromatic rings. The Hall–Kier alpha value is -1.79. The van der Waals surface area contributed by atoms with E-state index >= 15 is 0 Å². The maximum atomic E-state index is 12.8. The highest BCUT2D eigenvalue weighted by Crippen LogP contribution is 2.36. The van der Waals surface area contributed by atoms with Crippen molar-refractivity contribution in [1.82, 2.24) is 0 Å². The van der Waals surface area contributed by atoms with Gasteiger partial charge in [-0.25, -0.2) is 12.8 Å². The highest BCUT2D eigenvalue weighted by Gasteiger charge is 2.22. The van der Waals surface area contributed by atoms with Crippen molar-refractivity contribution in [3.63, 3.8) is 0 Å². The van der Waals surface area contributed by atoms with Crippen LogP contribution in [0.3, 0.4) is 0 Å². The van der Waals surface area contributed by atoms with Gasteiger partial charge in [0, 0.05) is 12.1 Å².